The van der Waals surface area contributed by atoms with Gasteiger partial charge in [-0.2, -0.15) is 13.2 Å². The van der Waals surface area contributed by atoms with Gasteiger partial charge >= 0.3 is 6.18 Å². The number of hydrogen-bond donors (Lipinski definition) is 0. The van der Waals surface area contributed by atoms with Crippen molar-refractivity contribution in [2.75, 3.05) is 19.8 Å². The van der Waals surface area contributed by atoms with Crippen molar-refractivity contribution in [3.63, 3.8) is 0 Å². The highest BCUT2D eigenvalue weighted by Crippen LogP contribution is 2.25. The number of halogens is 4. The zero-order valence-corrected chi connectivity index (χ0v) is 10.9. The zero-order valence-electron chi connectivity index (χ0n) is 10.2. The molecule has 0 saturated heterocycles. The van der Waals surface area contributed by atoms with Gasteiger partial charge < -0.3 is 9.47 Å². The highest BCUT2D eigenvalue weighted by atomic mass is 35.5. The monoisotopic (exact) mass is 313 g/mol. The number of nitro groups is 1. The van der Waals surface area contributed by atoms with Gasteiger partial charge in [0, 0.05) is 17.7 Å². The number of nitrogens with zero attached hydrogens (tertiary/aromatic N) is 1. The van der Waals surface area contributed by atoms with Gasteiger partial charge in [0.1, 0.15) is 19.0 Å². The summed E-state index contributed by atoms with van der Waals surface area (Å²) in [7, 11) is 0. The molecule has 0 aliphatic rings. The minimum Gasteiger partial charge on any atom is -0.491 e. The molecule has 0 spiro atoms. The summed E-state index contributed by atoms with van der Waals surface area (Å²) in [6.07, 6.45) is -4.38. The van der Waals surface area contributed by atoms with Crippen molar-refractivity contribution in [3.05, 3.63) is 33.9 Å². The van der Waals surface area contributed by atoms with E-state index in [0.717, 1.165) is 0 Å². The maximum atomic E-state index is 11.8. The van der Waals surface area contributed by atoms with Gasteiger partial charge in [-0.15, -0.1) is 11.6 Å². The van der Waals surface area contributed by atoms with E-state index in [4.69, 9.17) is 16.3 Å². The Bertz CT molecular complexity index is 467. The van der Waals surface area contributed by atoms with Crippen LogP contribution in [0.25, 0.3) is 0 Å². The first-order valence-corrected chi connectivity index (χ1v) is 5.97. The average molecular weight is 314 g/mol. The number of rotatable bonds is 7. The highest BCUT2D eigenvalue weighted by Gasteiger charge is 2.27. The molecule has 1 aromatic rings. The summed E-state index contributed by atoms with van der Waals surface area (Å²) >= 11 is 5.63. The van der Waals surface area contributed by atoms with Crippen LogP contribution in [-0.4, -0.2) is 30.9 Å². The molecule has 0 aromatic heterocycles. The third kappa shape index (κ3) is 5.62. The minimum absolute atomic E-state index is 0.0135. The van der Waals surface area contributed by atoms with Gasteiger partial charge in [-0.3, -0.25) is 10.1 Å². The van der Waals surface area contributed by atoms with Crippen LogP contribution < -0.4 is 4.74 Å². The van der Waals surface area contributed by atoms with Crippen molar-refractivity contribution in [3.8, 4) is 5.75 Å². The van der Waals surface area contributed by atoms with Crippen LogP contribution in [0.1, 0.15) is 5.56 Å². The fourth-order valence-electron chi connectivity index (χ4n) is 1.32. The third-order valence-corrected chi connectivity index (χ3v) is 2.44. The summed E-state index contributed by atoms with van der Waals surface area (Å²) in [6.45, 7) is -1.71. The Labute approximate surface area is 117 Å². The van der Waals surface area contributed by atoms with E-state index < -0.39 is 17.7 Å². The molecule has 0 aliphatic carbocycles. The first kappa shape index (κ1) is 16.5. The Hall–Kier alpha value is -1.54. The molecule has 1 rings (SSSR count). The molecule has 1 aromatic carbocycles. The van der Waals surface area contributed by atoms with Crippen LogP contribution >= 0.6 is 11.6 Å². The van der Waals surface area contributed by atoms with E-state index in [9.17, 15) is 23.3 Å². The molecule has 0 atom stereocenters. The van der Waals surface area contributed by atoms with Crippen LogP contribution in [0, 0.1) is 10.1 Å². The van der Waals surface area contributed by atoms with Gasteiger partial charge in [-0.05, 0) is 6.07 Å². The second-order valence-electron chi connectivity index (χ2n) is 3.70. The largest absolute Gasteiger partial charge is 0.491 e. The van der Waals surface area contributed by atoms with E-state index >= 15 is 0 Å². The third-order valence-electron chi connectivity index (χ3n) is 2.15. The first-order valence-electron chi connectivity index (χ1n) is 5.44. The van der Waals surface area contributed by atoms with Crippen LogP contribution in [0.5, 0.6) is 5.75 Å². The maximum absolute atomic E-state index is 11.8. The van der Waals surface area contributed by atoms with Crippen LogP contribution in [0.3, 0.4) is 0 Å². The Morgan fingerprint density at radius 2 is 2.00 bits per heavy atom. The summed E-state index contributed by atoms with van der Waals surface area (Å²) in [5.74, 6) is 0.265. The SMILES string of the molecule is O=[N+]([O-])c1ccc(OCCOCC(F)(F)F)c(CCl)c1. The molecule has 0 aliphatic heterocycles. The number of non-ortho nitro benzene ring substituents is 1. The van der Waals surface area contributed by atoms with Gasteiger partial charge in [0.15, 0.2) is 0 Å². The second kappa shape index (κ2) is 7.30. The molecule has 0 saturated carbocycles. The lowest BCUT2D eigenvalue weighted by Gasteiger charge is -2.11. The molecule has 0 bridgehead atoms. The standard InChI is InChI=1S/C11H11ClF3NO4/c12-6-8-5-9(16(17)18)1-2-10(8)20-4-3-19-7-11(13,14)15/h1-2,5H,3-4,6-7H2. The van der Waals surface area contributed by atoms with Gasteiger partial charge in [0.25, 0.3) is 5.69 Å². The lowest BCUT2D eigenvalue weighted by molar-refractivity contribution is -0.384. The highest BCUT2D eigenvalue weighted by molar-refractivity contribution is 6.17. The lowest BCUT2D eigenvalue weighted by Crippen LogP contribution is -2.19. The maximum Gasteiger partial charge on any atom is 0.411 e. The van der Waals surface area contributed by atoms with Crippen LogP contribution in [0.2, 0.25) is 0 Å². The predicted octanol–water partition coefficient (Wildman–Crippen LogP) is 3.29. The molecule has 0 unspecified atom stereocenters. The van der Waals surface area contributed by atoms with Crippen LogP contribution in [0.15, 0.2) is 18.2 Å². The van der Waals surface area contributed by atoms with E-state index in [2.05, 4.69) is 4.74 Å². The summed E-state index contributed by atoms with van der Waals surface area (Å²) in [6, 6.07) is 3.82. The van der Waals surface area contributed by atoms with Gasteiger partial charge in [0.2, 0.25) is 0 Å². The van der Waals surface area contributed by atoms with E-state index in [0.29, 0.717) is 5.56 Å². The minimum atomic E-state index is -4.38. The smallest absolute Gasteiger partial charge is 0.411 e. The fraction of sp³-hybridized carbons (Fsp3) is 0.455. The first-order chi connectivity index (χ1) is 9.33. The molecular weight excluding hydrogens is 303 g/mol. The fourth-order valence-corrected chi connectivity index (χ4v) is 1.53. The van der Waals surface area contributed by atoms with Crippen molar-refractivity contribution in [1.29, 1.82) is 0 Å². The van der Waals surface area contributed by atoms with E-state index in [1.165, 1.54) is 18.2 Å². The Kier molecular flexibility index (Phi) is 6.03. The molecule has 0 amide bonds. The summed E-state index contributed by atoms with van der Waals surface area (Å²) in [5, 5.41) is 10.6. The van der Waals surface area contributed by atoms with E-state index in [1.54, 1.807) is 0 Å². The van der Waals surface area contributed by atoms with Gasteiger partial charge in [-0.1, -0.05) is 0 Å². The molecule has 0 N–H and O–H groups in total. The van der Waals surface area contributed by atoms with Crippen molar-refractivity contribution in [1.82, 2.24) is 0 Å². The topological polar surface area (TPSA) is 61.6 Å². The average Bonchev–Trinajstić information content (AvgIpc) is 2.36. The summed E-state index contributed by atoms with van der Waals surface area (Å²) < 4.78 is 44.9. The Balaban J connectivity index is 2.49. The quantitative estimate of drug-likeness (QED) is 0.335. The second-order valence-corrected chi connectivity index (χ2v) is 3.97. The molecule has 112 valence electrons. The number of ether oxygens (including phenoxy) is 2. The molecule has 20 heavy (non-hydrogen) atoms. The molecule has 9 heteroatoms. The number of hydrogen-bond acceptors (Lipinski definition) is 4. The Morgan fingerprint density at radius 1 is 1.30 bits per heavy atom. The lowest BCUT2D eigenvalue weighted by atomic mass is 10.2. The molecule has 0 fully saturated rings. The normalized spacial score (nSPS) is 11.4. The molecule has 5 nitrogen and oxygen atoms in total. The van der Waals surface area contributed by atoms with Crippen LogP contribution in [0.4, 0.5) is 18.9 Å². The van der Waals surface area contributed by atoms with Crippen LogP contribution in [-0.2, 0) is 10.6 Å². The van der Waals surface area contributed by atoms with Gasteiger partial charge in [0.05, 0.1) is 17.4 Å². The zero-order chi connectivity index (χ0) is 15.2. The summed E-state index contributed by atoms with van der Waals surface area (Å²) in [5.41, 5.74) is 0.248. The van der Waals surface area contributed by atoms with Crippen molar-refractivity contribution in [2.24, 2.45) is 0 Å². The number of benzene rings is 1. The number of alkyl halides is 4. The van der Waals surface area contributed by atoms with Crippen molar-refractivity contribution < 1.29 is 27.6 Å². The van der Waals surface area contributed by atoms with Crippen molar-refractivity contribution >= 4 is 17.3 Å². The predicted molar refractivity (Wildman–Crippen MR) is 65.0 cm³/mol. The Morgan fingerprint density at radius 3 is 2.55 bits per heavy atom. The molecule has 0 radical (unpaired) electrons. The summed E-state index contributed by atoms with van der Waals surface area (Å²) in [4.78, 5) is 9.99. The van der Waals surface area contributed by atoms with Gasteiger partial charge in [-0.25, -0.2) is 0 Å². The molecule has 0 heterocycles. The molecular formula is C11H11ClF3NO4. The van der Waals surface area contributed by atoms with E-state index in [1.807, 2.05) is 0 Å². The van der Waals surface area contributed by atoms with E-state index in [-0.39, 0.29) is 30.5 Å². The number of nitro benzene ring substituents is 1. The van der Waals surface area contributed by atoms with Crippen molar-refractivity contribution in [2.45, 2.75) is 12.1 Å².